The lowest BCUT2D eigenvalue weighted by Gasteiger charge is -2.41. The first kappa shape index (κ1) is 33.2. The number of hydrogen-bond acceptors (Lipinski definition) is 6. The van der Waals surface area contributed by atoms with Crippen molar-refractivity contribution in [1.82, 2.24) is 9.80 Å². The largest absolute Gasteiger partial charge is 0.494 e. The number of nitrogens with zero attached hydrogens (tertiary/aromatic N) is 3. The van der Waals surface area contributed by atoms with Gasteiger partial charge in [-0.15, -0.1) is 13.2 Å². The summed E-state index contributed by atoms with van der Waals surface area (Å²) in [5.74, 6) is -1.43. The van der Waals surface area contributed by atoms with Crippen molar-refractivity contribution in [3.05, 3.63) is 49.6 Å². The van der Waals surface area contributed by atoms with Gasteiger partial charge in [0.1, 0.15) is 17.4 Å². The van der Waals surface area contributed by atoms with Crippen molar-refractivity contribution in [3.8, 4) is 5.75 Å². The van der Waals surface area contributed by atoms with Gasteiger partial charge in [0.25, 0.3) is 0 Å². The van der Waals surface area contributed by atoms with E-state index in [1.165, 1.54) is 0 Å². The number of benzene rings is 1. The second-order valence-electron chi connectivity index (χ2n) is 13.4. The molecule has 4 aliphatic rings. The van der Waals surface area contributed by atoms with Crippen LogP contribution in [0, 0.1) is 17.8 Å². The van der Waals surface area contributed by atoms with Crippen LogP contribution in [0.3, 0.4) is 0 Å². The highest BCUT2D eigenvalue weighted by Crippen LogP contribution is 2.65. The summed E-state index contributed by atoms with van der Waals surface area (Å²) in [5.41, 5.74) is -1.36. The Morgan fingerprint density at radius 3 is 2.40 bits per heavy atom. The number of aliphatic hydroxyl groups is 1. The van der Waals surface area contributed by atoms with Crippen LogP contribution in [0.4, 0.5) is 5.69 Å². The van der Waals surface area contributed by atoms with Crippen molar-refractivity contribution in [1.29, 1.82) is 0 Å². The van der Waals surface area contributed by atoms with E-state index in [0.717, 1.165) is 32.1 Å². The summed E-state index contributed by atoms with van der Waals surface area (Å²) in [6.07, 6.45) is 10.2. The number of aliphatic hydroxyl groups excluding tert-OH is 1. The maximum absolute atomic E-state index is 14.8. The fourth-order valence-electron chi connectivity index (χ4n) is 8.64. The van der Waals surface area contributed by atoms with E-state index < -0.39 is 29.1 Å². The Morgan fingerprint density at radius 2 is 1.78 bits per heavy atom. The number of carbonyl (C=O) groups is 3. The predicted octanol–water partition coefficient (Wildman–Crippen LogP) is 4.73. The molecular weight excluding hydrogens is 570 g/mol. The Kier molecular flexibility index (Phi) is 10.1. The molecule has 1 saturated carbocycles. The van der Waals surface area contributed by atoms with E-state index in [1.807, 2.05) is 43.0 Å². The quantitative estimate of drug-likeness (QED) is 0.238. The number of rotatable bonds is 14. The Bertz CT molecular complexity index is 1260. The van der Waals surface area contributed by atoms with Crippen LogP contribution in [0.15, 0.2) is 49.6 Å². The molecule has 1 N–H and O–H groups in total. The highest BCUT2D eigenvalue weighted by molar-refractivity contribution is 6.03. The second kappa shape index (κ2) is 13.7. The molecule has 3 aliphatic heterocycles. The van der Waals surface area contributed by atoms with E-state index in [1.54, 1.807) is 22.0 Å². The molecule has 4 fully saturated rings. The summed E-state index contributed by atoms with van der Waals surface area (Å²) >= 11 is 0. The van der Waals surface area contributed by atoms with Crippen LogP contribution < -0.4 is 9.64 Å². The van der Waals surface area contributed by atoms with E-state index >= 15 is 0 Å². The third-order valence-corrected chi connectivity index (χ3v) is 10.8. The number of ether oxygens (including phenoxy) is 2. The Balaban J connectivity index is 1.56. The molecule has 1 aromatic carbocycles. The smallest absolute Gasteiger partial charge is 0.248 e. The molecule has 3 saturated heterocycles. The minimum absolute atomic E-state index is 0.00515. The van der Waals surface area contributed by atoms with Crippen molar-refractivity contribution in [2.24, 2.45) is 17.8 Å². The molecule has 9 nitrogen and oxygen atoms in total. The van der Waals surface area contributed by atoms with Gasteiger partial charge in [-0.3, -0.25) is 14.4 Å². The highest BCUT2D eigenvalue weighted by atomic mass is 16.5. The van der Waals surface area contributed by atoms with Gasteiger partial charge in [-0.2, -0.15) is 0 Å². The fourth-order valence-corrected chi connectivity index (χ4v) is 8.64. The van der Waals surface area contributed by atoms with E-state index in [9.17, 15) is 19.5 Å². The van der Waals surface area contributed by atoms with Crippen molar-refractivity contribution in [3.63, 3.8) is 0 Å². The molecule has 9 heteroatoms. The van der Waals surface area contributed by atoms with Crippen LogP contribution >= 0.6 is 0 Å². The zero-order valence-electron chi connectivity index (χ0n) is 27.3. The number of hydrogen-bond donors (Lipinski definition) is 1. The minimum Gasteiger partial charge on any atom is -0.494 e. The maximum atomic E-state index is 14.8. The van der Waals surface area contributed by atoms with Crippen LogP contribution in [0.1, 0.15) is 72.1 Å². The minimum atomic E-state index is -1.12. The van der Waals surface area contributed by atoms with Crippen LogP contribution in [-0.4, -0.2) is 88.8 Å². The summed E-state index contributed by atoms with van der Waals surface area (Å²) in [6, 6.07) is 6.62. The number of carbonyl (C=O) groups excluding carboxylic acids is 3. The molecule has 1 aliphatic carbocycles. The summed E-state index contributed by atoms with van der Waals surface area (Å²) in [5, 5.41) is 9.54. The molecule has 246 valence electrons. The molecule has 5 rings (SSSR count). The van der Waals surface area contributed by atoms with Crippen molar-refractivity contribution in [2.75, 3.05) is 37.7 Å². The lowest BCUT2D eigenvalue weighted by molar-refractivity contribution is -0.154. The maximum Gasteiger partial charge on any atom is 0.248 e. The predicted molar refractivity (Wildman–Crippen MR) is 174 cm³/mol. The van der Waals surface area contributed by atoms with Gasteiger partial charge in [-0.1, -0.05) is 38.3 Å². The molecule has 2 bridgehead atoms. The first-order chi connectivity index (χ1) is 21.7. The van der Waals surface area contributed by atoms with Crippen LogP contribution in [0.25, 0.3) is 0 Å². The Morgan fingerprint density at radius 1 is 1.09 bits per heavy atom. The lowest BCUT2D eigenvalue weighted by atomic mass is 9.62. The topological polar surface area (TPSA) is 99.6 Å². The first-order valence-electron chi connectivity index (χ1n) is 16.9. The van der Waals surface area contributed by atoms with Gasteiger partial charge >= 0.3 is 0 Å². The Hall–Kier alpha value is -3.17. The number of likely N-dealkylation sites (tertiary alicyclic amines) is 1. The first-order valence-corrected chi connectivity index (χ1v) is 16.9. The summed E-state index contributed by atoms with van der Waals surface area (Å²) < 4.78 is 12.6. The zero-order chi connectivity index (χ0) is 32.4. The molecule has 1 spiro atoms. The summed E-state index contributed by atoms with van der Waals surface area (Å²) in [7, 11) is 0. The summed E-state index contributed by atoms with van der Waals surface area (Å²) in [4.78, 5) is 49.5. The second-order valence-corrected chi connectivity index (χ2v) is 13.4. The molecule has 1 aromatic rings. The standard InChI is InChI=1S/C36H51N3O6/c1-6-20-37(27-16-18-28(19-17-27)44-8-3)32(41)29-30-33(42)39(22-12-13-23-40)31(36(30)24-25(4)35(29,5)45-36)34(43)38(21-7-2)26-14-10-9-11-15-26/h6-7,16-19,25-26,29-31,40H,1-2,8-15,20-24H2,3-5H3/t25?,29-,30+,31?,35+,36?/m1/s1. The lowest BCUT2D eigenvalue weighted by Crippen LogP contribution is -2.58. The molecule has 0 aromatic heterocycles. The normalized spacial score (nSPS) is 30.7. The van der Waals surface area contributed by atoms with Crippen LogP contribution in [-0.2, 0) is 19.1 Å². The van der Waals surface area contributed by atoms with Gasteiger partial charge < -0.3 is 29.3 Å². The molecule has 45 heavy (non-hydrogen) atoms. The fraction of sp³-hybridized carbons (Fsp3) is 0.639. The average Bonchev–Trinajstić information content (AvgIpc) is 3.55. The van der Waals surface area contributed by atoms with Gasteiger partial charge in [0.05, 0.1) is 24.0 Å². The Labute approximate surface area is 268 Å². The van der Waals surface area contributed by atoms with Gasteiger partial charge in [-0.25, -0.2) is 0 Å². The van der Waals surface area contributed by atoms with E-state index in [2.05, 4.69) is 20.1 Å². The van der Waals surface area contributed by atoms with Gasteiger partial charge in [0, 0.05) is 38.0 Å². The molecule has 0 radical (unpaired) electrons. The van der Waals surface area contributed by atoms with E-state index in [0.29, 0.717) is 50.4 Å². The molecule has 3 amide bonds. The van der Waals surface area contributed by atoms with Crippen molar-refractivity contribution < 1.29 is 29.0 Å². The average molecular weight is 622 g/mol. The number of unbranched alkanes of at least 4 members (excludes halogenated alkanes) is 1. The van der Waals surface area contributed by atoms with E-state index in [-0.39, 0.29) is 42.8 Å². The number of anilines is 1. The summed E-state index contributed by atoms with van der Waals surface area (Å²) in [6.45, 7) is 15.3. The molecule has 3 unspecified atom stereocenters. The van der Waals surface area contributed by atoms with Crippen molar-refractivity contribution in [2.45, 2.75) is 95.4 Å². The molecule has 3 heterocycles. The highest BCUT2D eigenvalue weighted by Gasteiger charge is 2.80. The third-order valence-electron chi connectivity index (χ3n) is 10.8. The SMILES string of the molecule is C=CCN(C(=O)[C@H]1[C@H]2C(=O)N(CCCCO)C(C(=O)N(CC=C)C3CCCCC3)C23CC(C)[C@]1(C)O3)c1ccc(OCC)cc1. The zero-order valence-corrected chi connectivity index (χ0v) is 27.3. The van der Waals surface area contributed by atoms with Crippen LogP contribution in [0.2, 0.25) is 0 Å². The third kappa shape index (κ3) is 5.71. The number of amides is 3. The molecular formula is C36H51N3O6. The molecule has 6 atom stereocenters. The van der Waals surface area contributed by atoms with E-state index in [4.69, 9.17) is 9.47 Å². The van der Waals surface area contributed by atoms with Gasteiger partial charge in [0.2, 0.25) is 17.7 Å². The monoisotopic (exact) mass is 621 g/mol. The van der Waals surface area contributed by atoms with Gasteiger partial charge in [-0.05, 0) is 76.1 Å². The van der Waals surface area contributed by atoms with Crippen molar-refractivity contribution >= 4 is 23.4 Å². The van der Waals surface area contributed by atoms with Gasteiger partial charge in [0.15, 0.2) is 0 Å². The van der Waals surface area contributed by atoms with Crippen LogP contribution in [0.5, 0.6) is 5.75 Å². The number of fused-ring (bicyclic) bond motifs is 1.